The number of anilines is 1. The van der Waals surface area contributed by atoms with Crippen molar-refractivity contribution >= 4 is 29.1 Å². The van der Waals surface area contributed by atoms with Crippen LogP contribution in [0.3, 0.4) is 0 Å². The average Bonchev–Trinajstić information content (AvgIpc) is 3.20. The van der Waals surface area contributed by atoms with Gasteiger partial charge >= 0.3 is 0 Å². The minimum absolute atomic E-state index is 0.0233. The number of carbonyl (C=O) groups excluding carboxylic acids is 2. The number of benzene rings is 2. The molecule has 31 heavy (non-hydrogen) atoms. The lowest BCUT2D eigenvalue weighted by atomic mass is 10.1. The van der Waals surface area contributed by atoms with Crippen molar-refractivity contribution in [2.45, 2.75) is 44.9 Å². The molecule has 2 heterocycles. The van der Waals surface area contributed by atoms with Crippen molar-refractivity contribution in [3.8, 4) is 0 Å². The molecule has 0 saturated carbocycles. The van der Waals surface area contributed by atoms with Gasteiger partial charge in [0.1, 0.15) is 0 Å². The van der Waals surface area contributed by atoms with Crippen molar-refractivity contribution in [3.05, 3.63) is 64.2 Å². The van der Waals surface area contributed by atoms with Crippen LogP contribution in [-0.4, -0.2) is 47.6 Å². The smallest absolute Gasteiger partial charge is 0.253 e. The van der Waals surface area contributed by atoms with Crippen LogP contribution in [-0.2, 0) is 17.9 Å². The van der Waals surface area contributed by atoms with Gasteiger partial charge in [-0.05, 0) is 48.6 Å². The van der Waals surface area contributed by atoms with E-state index < -0.39 is 0 Å². The van der Waals surface area contributed by atoms with E-state index in [1.807, 2.05) is 12.1 Å². The summed E-state index contributed by atoms with van der Waals surface area (Å²) in [6.07, 6.45) is 2.79. The third kappa shape index (κ3) is 5.45. The molecule has 0 unspecified atom stereocenters. The number of hydrogen-bond donors (Lipinski definition) is 2. The highest BCUT2D eigenvalue weighted by Gasteiger charge is 2.26. The van der Waals surface area contributed by atoms with Crippen LogP contribution in [0.5, 0.6) is 0 Å². The predicted octanol–water partition coefficient (Wildman–Crippen LogP) is 3.35. The van der Waals surface area contributed by atoms with E-state index in [1.54, 1.807) is 23.1 Å². The highest BCUT2D eigenvalue weighted by atomic mass is 35.5. The lowest BCUT2D eigenvalue weighted by Crippen LogP contribution is -2.35. The van der Waals surface area contributed by atoms with Crippen molar-refractivity contribution in [2.24, 2.45) is 0 Å². The van der Waals surface area contributed by atoms with Crippen molar-refractivity contribution in [1.29, 1.82) is 0 Å². The van der Waals surface area contributed by atoms with Gasteiger partial charge in [-0.2, -0.15) is 0 Å². The van der Waals surface area contributed by atoms with E-state index in [-0.39, 0.29) is 17.9 Å². The number of hydrogen-bond acceptors (Lipinski definition) is 4. The van der Waals surface area contributed by atoms with E-state index >= 15 is 0 Å². The molecule has 0 spiro atoms. The van der Waals surface area contributed by atoms with Crippen LogP contribution in [0, 0.1) is 0 Å². The lowest BCUT2D eigenvalue weighted by Gasteiger charge is -2.29. The number of nitrogens with one attached hydrogen (secondary N) is 1. The first-order chi connectivity index (χ1) is 15.0. The number of rotatable bonds is 6. The van der Waals surface area contributed by atoms with Gasteiger partial charge < -0.3 is 15.3 Å². The maximum Gasteiger partial charge on any atom is 0.253 e. The van der Waals surface area contributed by atoms with Crippen LogP contribution in [0.25, 0.3) is 0 Å². The minimum atomic E-state index is -0.220. The molecule has 0 bridgehead atoms. The van der Waals surface area contributed by atoms with Crippen LogP contribution in [0.2, 0.25) is 5.02 Å². The highest BCUT2D eigenvalue weighted by Crippen LogP contribution is 2.28. The Balaban J connectivity index is 1.36. The molecule has 7 heteroatoms. The van der Waals surface area contributed by atoms with Gasteiger partial charge in [-0.3, -0.25) is 14.5 Å². The number of aliphatic hydroxyl groups is 1. The van der Waals surface area contributed by atoms with Gasteiger partial charge in [0.2, 0.25) is 5.91 Å². The molecule has 2 aromatic carbocycles. The summed E-state index contributed by atoms with van der Waals surface area (Å²) in [6, 6.07) is 13.3. The van der Waals surface area contributed by atoms with Gasteiger partial charge in [0.15, 0.2) is 0 Å². The topological polar surface area (TPSA) is 72.9 Å². The number of nitrogens with zero attached hydrogens (tertiary/aromatic N) is 2. The van der Waals surface area contributed by atoms with Crippen molar-refractivity contribution in [3.63, 3.8) is 0 Å². The van der Waals surface area contributed by atoms with E-state index in [0.717, 1.165) is 44.5 Å². The van der Waals surface area contributed by atoms with Crippen LogP contribution in [0.15, 0.2) is 42.5 Å². The van der Waals surface area contributed by atoms with Crippen LogP contribution in [0.4, 0.5) is 5.69 Å². The summed E-state index contributed by atoms with van der Waals surface area (Å²) >= 11 is 6.13. The van der Waals surface area contributed by atoms with E-state index in [1.165, 1.54) is 5.56 Å². The van der Waals surface area contributed by atoms with Crippen molar-refractivity contribution < 1.29 is 14.7 Å². The Kier molecular flexibility index (Phi) is 6.90. The zero-order chi connectivity index (χ0) is 21.8. The van der Waals surface area contributed by atoms with E-state index in [4.69, 9.17) is 11.6 Å². The molecule has 164 valence electrons. The number of carbonyl (C=O) groups is 2. The van der Waals surface area contributed by atoms with Crippen LogP contribution in [0.1, 0.15) is 47.2 Å². The third-order valence-electron chi connectivity index (χ3n) is 6.01. The standard InChI is InChI=1S/C24H28ClN3O3/c25-19-7-8-21(22(14-19)28-11-1-2-23(28)30)24(31)26-15-17-3-5-18(6-4-17)16-27-12-9-20(29)10-13-27/h3-8,14,20,29H,1-2,9-13,15-16H2,(H,26,31). The highest BCUT2D eigenvalue weighted by molar-refractivity contribution is 6.31. The second-order valence-corrected chi connectivity index (χ2v) is 8.75. The molecular formula is C24H28ClN3O3. The number of piperidine rings is 1. The quantitative estimate of drug-likeness (QED) is 0.721. The third-order valence-corrected chi connectivity index (χ3v) is 6.24. The second-order valence-electron chi connectivity index (χ2n) is 8.32. The summed E-state index contributed by atoms with van der Waals surface area (Å²) in [5.74, 6) is -0.197. The first kappa shape index (κ1) is 21.8. The van der Waals surface area contributed by atoms with E-state index in [0.29, 0.717) is 35.8 Å². The largest absolute Gasteiger partial charge is 0.393 e. The molecule has 0 radical (unpaired) electrons. The Bertz CT molecular complexity index is 940. The Labute approximate surface area is 187 Å². The Hall–Kier alpha value is -2.41. The van der Waals surface area contributed by atoms with E-state index in [9.17, 15) is 14.7 Å². The Morgan fingerprint density at radius 1 is 1.06 bits per heavy atom. The van der Waals surface area contributed by atoms with Crippen LogP contribution < -0.4 is 10.2 Å². The molecule has 0 atom stereocenters. The number of halogens is 1. The number of amides is 2. The molecule has 2 fully saturated rings. The maximum absolute atomic E-state index is 12.9. The Morgan fingerprint density at radius 2 is 1.77 bits per heavy atom. The monoisotopic (exact) mass is 441 g/mol. The summed E-state index contributed by atoms with van der Waals surface area (Å²) in [6.45, 7) is 3.73. The SMILES string of the molecule is O=C(NCc1ccc(CN2CCC(O)CC2)cc1)c1ccc(Cl)cc1N1CCCC1=O. The average molecular weight is 442 g/mol. The molecule has 0 aromatic heterocycles. The fourth-order valence-corrected chi connectivity index (χ4v) is 4.37. The van der Waals surface area contributed by atoms with Gasteiger partial charge in [0.05, 0.1) is 17.4 Å². The van der Waals surface area contributed by atoms with Crippen LogP contribution >= 0.6 is 11.6 Å². The molecule has 2 N–H and O–H groups in total. The zero-order valence-electron chi connectivity index (χ0n) is 17.5. The first-order valence-corrected chi connectivity index (χ1v) is 11.2. The molecule has 2 aliphatic heterocycles. The summed E-state index contributed by atoms with van der Waals surface area (Å²) in [7, 11) is 0. The summed E-state index contributed by atoms with van der Waals surface area (Å²) in [5.41, 5.74) is 3.27. The fourth-order valence-electron chi connectivity index (χ4n) is 4.20. The molecule has 2 aliphatic rings. The molecule has 2 amide bonds. The molecule has 0 aliphatic carbocycles. The van der Waals surface area contributed by atoms with Gasteiger partial charge in [-0.1, -0.05) is 35.9 Å². The Morgan fingerprint density at radius 3 is 2.45 bits per heavy atom. The minimum Gasteiger partial charge on any atom is -0.393 e. The van der Waals surface area contributed by atoms with E-state index in [2.05, 4.69) is 22.3 Å². The molecule has 6 nitrogen and oxygen atoms in total. The fraction of sp³-hybridized carbons (Fsp3) is 0.417. The van der Waals surface area contributed by atoms with Gasteiger partial charge in [-0.25, -0.2) is 0 Å². The number of aliphatic hydroxyl groups excluding tert-OH is 1. The summed E-state index contributed by atoms with van der Waals surface area (Å²) in [4.78, 5) is 29.0. The second kappa shape index (κ2) is 9.81. The zero-order valence-corrected chi connectivity index (χ0v) is 18.3. The molecular weight excluding hydrogens is 414 g/mol. The summed E-state index contributed by atoms with van der Waals surface area (Å²) < 4.78 is 0. The molecule has 4 rings (SSSR count). The van der Waals surface area contributed by atoms with Gasteiger partial charge in [0.25, 0.3) is 5.91 Å². The maximum atomic E-state index is 12.9. The molecule has 2 aromatic rings. The van der Waals surface area contributed by atoms with Gasteiger partial charge in [-0.15, -0.1) is 0 Å². The molecule has 2 saturated heterocycles. The van der Waals surface area contributed by atoms with Crippen molar-refractivity contribution in [2.75, 3.05) is 24.5 Å². The number of likely N-dealkylation sites (tertiary alicyclic amines) is 1. The summed E-state index contributed by atoms with van der Waals surface area (Å²) in [5, 5.41) is 13.1. The normalized spacial score (nSPS) is 17.9. The van der Waals surface area contributed by atoms with Crippen molar-refractivity contribution in [1.82, 2.24) is 10.2 Å². The van der Waals surface area contributed by atoms with Gasteiger partial charge in [0, 0.05) is 44.2 Å². The lowest BCUT2D eigenvalue weighted by molar-refractivity contribution is -0.117. The first-order valence-electron chi connectivity index (χ1n) is 10.9. The predicted molar refractivity (Wildman–Crippen MR) is 121 cm³/mol.